The minimum Gasteiger partial charge on any atom is -0.376 e. The number of amides is 3. The molecule has 1 unspecified atom stereocenters. The highest BCUT2D eigenvalue weighted by Gasteiger charge is 2.17. The van der Waals surface area contributed by atoms with Crippen LogP contribution in [0.25, 0.3) is 0 Å². The molecule has 1 saturated heterocycles. The van der Waals surface area contributed by atoms with Gasteiger partial charge in [-0.05, 0) is 82.1 Å². The first-order valence-corrected chi connectivity index (χ1v) is 11.2. The molecule has 0 radical (unpaired) electrons. The Labute approximate surface area is 194 Å². The lowest BCUT2D eigenvalue weighted by Crippen LogP contribution is -2.40. The Morgan fingerprint density at radius 3 is 2.09 bits per heavy atom. The van der Waals surface area contributed by atoms with E-state index >= 15 is 0 Å². The monoisotopic (exact) mass is 452 g/mol. The number of hydrogen-bond donors (Lipinski definition) is 4. The van der Waals surface area contributed by atoms with Crippen molar-refractivity contribution in [1.29, 1.82) is 0 Å². The van der Waals surface area contributed by atoms with E-state index in [0.717, 1.165) is 25.1 Å². The van der Waals surface area contributed by atoms with E-state index in [-0.39, 0.29) is 35.9 Å². The number of benzene rings is 2. The number of ether oxygens (including phenoxy) is 1. The quantitative estimate of drug-likeness (QED) is 0.492. The van der Waals surface area contributed by atoms with Gasteiger partial charge in [0.15, 0.2) is 0 Å². The van der Waals surface area contributed by atoms with Crippen molar-refractivity contribution in [2.24, 2.45) is 0 Å². The van der Waals surface area contributed by atoms with Gasteiger partial charge in [0.05, 0.1) is 12.6 Å². The van der Waals surface area contributed by atoms with Crippen LogP contribution in [0.5, 0.6) is 0 Å². The zero-order valence-electron chi connectivity index (χ0n) is 19.4. The standard InChI is InChI=1S/C25H32N4O4/c1-25(2,3)29-24(32)18-8-12-20(13-9-18)28-22(30)16-26-19-10-6-17(7-11-19)23(31)27-15-21-5-4-14-33-21/h6-13,21,26H,4-5,14-16H2,1-3H3,(H,27,31)(H,28,30)(H,29,32). The van der Waals surface area contributed by atoms with Crippen LogP contribution >= 0.6 is 0 Å². The first-order chi connectivity index (χ1) is 15.7. The van der Waals surface area contributed by atoms with Crippen LogP contribution in [0.1, 0.15) is 54.3 Å². The fourth-order valence-corrected chi connectivity index (χ4v) is 3.36. The summed E-state index contributed by atoms with van der Waals surface area (Å²) >= 11 is 0. The maximum absolute atomic E-state index is 12.2. The molecular weight excluding hydrogens is 420 g/mol. The van der Waals surface area contributed by atoms with Crippen molar-refractivity contribution in [3.8, 4) is 0 Å². The van der Waals surface area contributed by atoms with Crippen LogP contribution in [-0.2, 0) is 9.53 Å². The molecule has 1 heterocycles. The van der Waals surface area contributed by atoms with Crippen LogP contribution < -0.4 is 21.3 Å². The second kappa shape index (κ2) is 11.0. The van der Waals surface area contributed by atoms with Crippen molar-refractivity contribution in [2.45, 2.75) is 45.3 Å². The number of nitrogens with one attached hydrogen (secondary N) is 4. The molecule has 2 aromatic carbocycles. The second-order valence-corrected chi connectivity index (χ2v) is 9.11. The van der Waals surface area contributed by atoms with Gasteiger partial charge in [0.2, 0.25) is 5.91 Å². The van der Waals surface area contributed by atoms with Gasteiger partial charge in [0.1, 0.15) is 0 Å². The first kappa shape index (κ1) is 24.3. The third-order valence-corrected chi connectivity index (χ3v) is 5.03. The SMILES string of the molecule is CC(C)(C)NC(=O)c1ccc(NC(=O)CNc2ccc(C(=O)NCC3CCCO3)cc2)cc1. The summed E-state index contributed by atoms with van der Waals surface area (Å²) in [5.41, 5.74) is 2.10. The highest BCUT2D eigenvalue weighted by Crippen LogP contribution is 2.13. The third kappa shape index (κ3) is 7.91. The predicted octanol–water partition coefficient (Wildman–Crippen LogP) is 3.17. The van der Waals surface area contributed by atoms with Gasteiger partial charge in [0.25, 0.3) is 11.8 Å². The van der Waals surface area contributed by atoms with Crippen molar-refractivity contribution in [3.63, 3.8) is 0 Å². The summed E-state index contributed by atoms with van der Waals surface area (Å²) in [5, 5.41) is 11.6. The topological polar surface area (TPSA) is 109 Å². The van der Waals surface area contributed by atoms with Crippen LogP contribution in [0.2, 0.25) is 0 Å². The molecule has 1 aliphatic rings. The Morgan fingerprint density at radius 2 is 1.52 bits per heavy atom. The Kier molecular flexibility index (Phi) is 8.06. The number of hydrogen-bond acceptors (Lipinski definition) is 5. The molecule has 8 nitrogen and oxygen atoms in total. The van der Waals surface area contributed by atoms with Crippen LogP contribution in [0, 0.1) is 0 Å². The van der Waals surface area contributed by atoms with Crippen LogP contribution in [-0.4, -0.2) is 49.1 Å². The summed E-state index contributed by atoms with van der Waals surface area (Å²) in [6, 6.07) is 13.7. The van der Waals surface area contributed by atoms with Crippen LogP contribution in [0.4, 0.5) is 11.4 Å². The van der Waals surface area contributed by atoms with Gasteiger partial charge >= 0.3 is 0 Å². The minimum atomic E-state index is -0.317. The van der Waals surface area contributed by atoms with E-state index in [1.807, 2.05) is 20.8 Å². The molecule has 0 aromatic heterocycles. The van der Waals surface area contributed by atoms with E-state index in [2.05, 4.69) is 21.3 Å². The Bertz CT molecular complexity index is 959. The molecule has 0 saturated carbocycles. The average molecular weight is 453 g/mol. The average Bonchev–Trinajstić information content (AvgIpc) is 3.29. The summed E-state index contributed by atoms with van der Waals surface area (Å²) in [5.74, 6) is -0.527. The predicted molar refractivity (Wildman–Crippen MR) is 129 cm³/mol. The molecular formula is C25H32N4O4. The maximum atomic E-state index is 12.2. The van der Waals surface area contributed by atoms with Crippen LogP contribution in [0.15, 0.2) is 48.5 Å². The van der Waals surface area contributed by atoms with Crippen molar-refractivity contribution >= 4 is 29.1 Å². The number of rotatable bonds is 8. The van der Waals surface area contributed by atoms with E-state index in [1.54, 1.807) is 48.5 Å². The lowest BCUT2D eigenvalue weighted by molar-refractivity contribution is -0.114. The molecule has 33 heavy (non-hydrogen) atoms. The van der Waals surface area contributed by atoms with Crippen molar-refractivity contribution in [3.05, 3.63) is 59.7 Å². The summed E-state index contributed by atoms with van der Waals surface area (Å²) in [7, 11) is 0. The molecule has 3 amide bonds. The highest BCUT2D eigenvalue weighted by atomic mass is 16.5. The minimum absolute atomic E-state index is 0.0663. The lowest BCUT2D eigenvalue weighted by atomic mass is 10.1. The van der Waals surface area contributed by atoms with Gasteiger partial charge in [-0.3, -0.25) is 14.4 Å². The molecule has 2 aromatic rings. The molecule has 0 aliphatic carbocycles. The van der Waals surface area contributed by atoms with Gasteiger partial charge in [-0.15, -0.1) is 0 Å². The molecule has 0 spiro atoms. The zero-order chi connectivity index (χ0) is 23.8. The molecule has 176 valence electrons. The van der Waals surface area contributed by atoms with Gasteiger partial charge in [0, 0.05) is 41.2 Å². The molecule has 3 rings (SSSR count). The molecule has 1 atom stereocenters. The molecule has 0 bridgehead atoms. The Morgan fingerprint density at radius 1 is 0.909 bits per heavy atom. The summed E-state index contributed by atoms with van der Waals surface area (Å²) < 4.78 is 5.51. The zero-order valence-corrected chi connectivity index (χ0v) is 19.4. The van der Waals surface area contributed by atoms with Crippen molar-refractivity contribution in [1.82, 2.24) is 10.6 Å². The number of carbonyl (C=O) groups excluding carboxylic acids is 3. The number of anilines is 2. The molecule has 8 heteroatoms. The molecule has 1 fully saturated rings. The third-order valence-electron chi connectivity index (χ3n) is 5.03. The smallest absolute Gasteiger partial charge is 0.251 e. The van der Waals surface area contributed by atoms with Gasteiger partial charge in [-0.2, -0.15) is 0 Å². The summed E-state index contributed by atoms with van der Waals surface area (Å²) in [4.78, 5) is 36.7. The van der Waals surface area contributed by atoms with Crippen molar-refractivity contribution in [2.75, 3.05) is 30.3 Å². The normalized spacial score (nSPS) is 15.5. The number of carbonyl (C=O) groups is 3. The van der Waals surface area contributed by atoms with Crippen molar-refractivity contribution < 1.29 is 19.1 Å². The van der Waals surface area contributed by atoms with E-state index in [1.165, 1.54) is 0 Å². The second-order valence-electron chi connectivity index (χ2n) is 9.11. The van der Waals surface area contributed by atoms with E-state index < -0.39 is 0 Å². The van der Waals surface area contributed by atoms with E-state index in [4.69, 9.17) is 4.74 Å². The van der Waals surface area contributed by atoms with E-state index in [9.17, 15) is 14.4 Å². The lowest BCUT2D eigenvalue weighted by Gasteiger charge is -2.20. The molecule has 1 aliphatic heterocycles. The largest absolute Gasteiger partial charge is 0.376 e. The maximum Gasteiger partial charge on any atom is 0.251 e. The summed E-state index contributed by atoms with van der Waals surface area (Å²) in [6.45, 7) is 7.09. The summed E-state index contributed by atoms with van der Waals surface area (Å²) in [6.07, 6.45) is 2.11. The van der Waals surface area contributed by atoms with E-state index in [0.29, 0.717) is 23.4 Å². The first-order valence-electron chi connectivity index (χ1n) is 11.2. The highest BCUT2D eigenvalue weighted by molar-refractivity contribution is 5.97. The van der Waals surface area contributed by atoms with Gasteiger partial charge < -0.3 is 26.0 Å². The Hall–Kier alpha value is -3.39. The van der Waals surface area contributed by atoms with Gasteiger partial charge in [-0.1, -0.05) is 0 Å². The van der Waals surface area contributed by atoms with Crippen LogP contribution in [0.3, 0.4) is 0 Å². The van der Waals surface area contributed by atoms with Gasteiger partial charge in [-0.25, -0.2) is 0 Å². The fraction of sp³-hybridized carbons (Fsp3) is 0.400. The molecule has 4 N–H and O–H groups in total. The Balaban J connectivity index is 1.42. The fourth-order valence-electron chi connectivity index (χ4n) is 3.36.